The largest absolute Gasteiger partial charge is 0.389 e. The molecule has 0 spiro atoms. The van der Waals surface area contributed by atoms with Gasteiger partial charge in [-0.3, -0.25) is 52.9 Å². The molecule has 2 rings (SSSR count). The first kappa shape index (κ1) is 77.6. The summed E-state index contributed by atoms with van der Waals surface area (Å²) in [4.78, 5) is 151. The third-order valence-corrected chi connectivity index (χ3v) is 14.3. The highest BCUT2D eigenvalue weighted by molar-refractivity contribution is 6.02. The van der Waals surface area contributed by atoms with E-state index in [9.17, 15) is 58.2 Å². The molecule has 10 amide bonds. The topological polar surface area (TPSA) is 624 Å². The van der Waals surface area contributed by atoms with E-state index in [1.165, 1.54) is 23.5 Å². The highest BCUT2D eigenvalue weighted by Gasteiger charge is 2.40. The maximum absolute atomic E-state index is 14.5. The average molecular weight is 1260 g/mol. The number of aliphatic hydroxyl groups is 2. The number of nitrogens with one attached hydrogen (secondary N) is 10. The molecule has 32 N–H and O–H groups in total. The Morgan fingerprint density at radius 3 is 1.79 bits per heavy atom. The van der Waals surface area contributed by atoms with Gasteiger partial charge in [0.1, 0.15) is 48.0 Å². The Labute approximate surface area is 518 Å². The fourth-order valence-corrected chi connectivity index (χ4v) is 9.25. The number of aromatic nitrogens is 2. The number of nitrogens with two attached hydrogens (primary N) is 10. The van der Waals surface area contributed by atoms with Crippen molar-refractivity contribution in [3.05, 3.63) is 30.0 Å². The molecule has 0 saturated carbocycles. The first-order valence-electron chi connectivity index (χ1n) is 30.3. The van der Waals surface area contributed by atoms with Crippen molar-refractivity contribution in [3.8, 4) is 0 Å². The molecule has 89 heavy (non-hydrogen) atoms. The number of rotatable bonds is 46. The molecule has 1 aromatic heterocycles. The Hall–Kier alpha value is -7.48. The number of hydrogen-bond donors (Lipinski definition) is 22. The predicted octanol–water partition coefficient (Wildman–Crippen LogP) is -9.42. The van der Waals surface area contributed by atoms with Crippen molar-refractivity contribution in [2.75, 3.05) is 72.0 Å². The quantitative estimate of drug-likeness (QED) is 0.0125. The first-order chi connectivity index (χ1) is 42.6. The highest BCUT2D eigenvalue weighted by atomic mass is 16.3. The van der Waals surface area contributed by atoms with Crippen molar-refractivity contribution in [3.63, 3.8) is 0 Å². The van der Waals surface area contributed by atoms with E-state index in [4.69, 9.17) is 57.3 Å². The molecular weight excluding hydrogens is 1160 g/mol. The van der Waals surface area contributed by atoms with Gasteiger partial charge in [-0.15, -0.1) is 0 Å². The number of H-pyrrole nitrogens is 1. The maximum atomic E-state index is 14.5. The Bertz CT molecular complexity index is 2420. The molecule has 1 saturated heterocycles. The number of hydrogen-bond acceptors (Lipinski definition) is 22. The van der Waals surface area contributed by atoms with Gasteiger partial charge in [-0.2, -0.15) is 0 Å². The van der Waals surface area contributed by atoms with E-state index in [1.54, 1.807) is 0 Å². The lowest BCUT2D eigenvalue weighted by atomic mass is 10.0. The fourth-order valence-electron chi connectivity index (χ4n) is 9.25. The molecule has 35 heteroatoms. The third-order valence-electron chi connectivity index (χ3n) is 14.3. The zero-order valence-corrected chi connectivity index (χ0v) is 50.9. The molecule has 0 aromatic carbocycles. The number of guanidine groups is 1. The molecule has 504 valence electrons. The number of imidazole rings is 1. The van der Waals surface area contributed by atoms with Crippen LogP contribution in [0.5, 0.6) is 0 Å². The van der Waals surface area contributed by atoms with Crippen LogP contribution in [0.15, 0.2) is 29.3 Å². The average Bonchev–Trinajstić information content (AvgIpc) is 3.90. The van der Waals surface area contributed by atoms with E-state index < -0.39 is 139 Å². The first-order valence-corrected chi connectivity index (χ1v) is 30.3. The zero-order chi connectivity index (χ0) is 66.3. The number of aromatic amines is 1. The van der Waals surface area contributed by atoms with Crippen LogP contribution in [-0.2, 0) is 54.4 Å². The van der Waals surface area contributed by atoms with E-state index in [0.29, 0.717) is 89.7 Å². The fraction of sp³-hybridized carbons (Fsp3) is 0.704. The summed E-state index contributed by atoms with van der Waals surface area (Å²) < 4.78 is 0. The van der Waals surface area contributed by atoms with Crippen molar-refractivity contribution >= 4 is 65.0 Å². The van der Waals surface area contributed by atoms with Gasteiger partial charge in [-0.1, -0.05) is 12.5 Å². The van der Waals surface area contributed by atoms with Gasteiger partial charge in [0.05, 0.1) is 31.1 Å². The number of aliphatic hydroxyl groups excluding tert-OH is 2. The maximum Gasteiger partial charge on any atom is 0.268 e. The van der Waals surface area contributed by atoms with Crippen LogP contribution in [-0.4, -0.2) is 223 Å². The number of amides is 10. The van der Waals surface area contributed by atoms with Crippen LogP contribution in [0.2, 0.25) is 0 Å². The molecule has 1 fully saturated rings. The van der Waals surface area contributed by atoms with Gasteiger partial charge in [-0.05, 0) is 129 Å². The summed E-state index contributed by atoms with van der Waals surface area (Å²) in [5.41, 5.74) is 56.8. The summed E-state index contributed by atoms with van der Waals surface area (Å²) in [6, 6.07) is -10.9. The summed E-state index contributed by atoms with van der Waals surface area (Å²) in [6.45, 7) is -0.0523. The lowest BCUT2D eigenvalue weighted by molar-refractivity contribution is -0.142. The van der Waals surface area contributed by atoms with Gasteiger partial charge in [0.25, 0.3) is 5.91 Å². The normalized spacial score (nSPS) is 16.1. The van der Waals surface area contributed by atoms with Crippen LogP contribution in [0.25, 0.3) is 0 Å². The Balaban J connectivity index is 2.39. The molecule has 35 nitrogen and oxygen atoms in total. The molecular formula is C54H101N23O12. The van der Waals surface area contributed by atoms with Gasteiger partial charge in [0, 0.05) is 51.0 Å². The molecule has 0 unspecified atom stereocenters. The van der Waals surface area contributed by atoms with Gasteiger partial charge < -0.3 is 125 Å². The van der Waals surface area contributed by atoms with Gasteiger partial charge >= 0.3 is 0 Å². The van der Waals surface area contributed by atoms with Crippen LogP contribution in [0.4, 0.5) is 0 Å². The lowest BCUT2D eigenvalue weighted by Gasteiger charge is -2.30. The molecule has 10 atom stereocenters. The number of carbonyl (C=O) groups excluding carboxylic acids is 10. The molecule has 0 aliphatic carbocycles. The molecule has 1 aliphatic rings. The Kier molecular flexibility index (Phi) is 38.4. The minimum absolute atomic E-state index is 0.0148. The lowest BCUT2D eigenvalue weighted by Crippen LogP contribution is -2.63. The molecule has 1 aromatic rings. The summed E-state index contributed by atoms with van der Waals surface area (Å²) in [7, 11) is 0. The second kappa shape index (κ2) is 44.0. The van der Waals surface area contributed by atoms with Crippen LogP contribution in [0.1, 0.15) is 108 Å². The third kappa shape index (κ3) is 29.1. The van der Waals surface area contributed by atoms with Gasteiger partial charge in [-0.25, -0.2) is 4.98 Å². The second-order valence-electron chi connectivity index (χ2n) is 21.4. The number of aliphatic imine (C=N–C) groups is 1. The molecule has 0 bridgehead atoms. The van der Waals surface area contributed by atoms with Crippen LogP contribution in [0, 0.1) is 0 Å². The van der Waals surface area contributed by atoms with Crippen LogP contribution < -0.4 is 105 Å². The van der Waals surface area contributed by atoms with Crippen molar-refractivity contribution in [1.29, 1.82) is 0 Å². The summed E-state index contributed by atoms with van der Waals surface area (Å²) in [6.07, 6.45) is 5.86. The minimum atomic E-state index is -1.84. The van der Waals surface area contributed by atoms with Crippen molar-refractivity contribution in [1.82, 2.24) is 62.7 Å². The van der Waals surface area contributed by atoms with Crippen LogP contribution >= 0.6 is 0 Å². The van der Waals surface area contributed by atoms with E-state index in [1.807, 2.05) is 0 Å². The van der Waals surface area contributed by atoms with Crippen molar-refractivity contribution < 1.29 is 58.2 Å². The molecule has 2 heterocycles. The van der Waals surface area contributed by atoms with E-state index in [2.05, 4.69) is 62.8 Å². The number of carbonyl (C=O) groups is 10. The van der Waals surface area contributed by atoms with E-state index >= 15 is 0 Å². The number of likely N-dealkylation sites (tertiary alicyclic amines) is 1. The summed E-state index contributed by atoms with van der Waals surface area (Å²) in [5, 5.41) is 44.3. The Morgan fingerprint density at radius 1 is 0.629 bits per heavy atom. The predicted molar refractivity (Wildman–Crippen MR) is 330 cm³/mol. The highest BCUT2D eigenvalue weighted by Crippen LogP contribution is 2.21. The number of nitrogens with zero attached hydrogens (tertiary/aromatic N) is 3. The second-order valence-corrected chi connectivity index (χ2v) is 21.4. The van der Waals surface area contributed by atoms with Crippen LogP contribution in [0.3, 0.4) is 0 Å². The van der Waals surface area contributed by atoms with E-state index in [0.717, 1.165) is 0 Å². The zero-order valence-electron chi connectivity index (χ0n) is 50.9. The monoisotopic (exact) mass is 1260 g/mol. The van der Waals surface area contributed by atoms with Crippen molar-refractivity contribution in [2.45, 2.75) is 170 Å². The molecule has 0 radical (unpaired) electrons. The number of unbranched alkanes of at least 4 members (excludes halogenated alkanes) is 4. The Morgan fingerprint density at radius 2 is 1.20 bits per heavy atom. The SMILES string of the molecule is NCCCCNC(=O)[C@H](CCCCN)NC(=O)/C(=C/CCN=C(N)N)NC(=O)[C@H](CCCCN)NC(=O)[C@H](Cc1cnc[nH]1)NC(=O)[C@@H]1CCCN1C(=O)[C@@H](CCCN)NC(=O)CNC(=O)[C@@H](NC(=O)[C@@H](NC(=O)[C@@H](N)CCCCN)[C@@H](O)CN)[C@@H](O)CN. The summed E-state index contributed by atoms with van der Waals surface area (Å²) >= 11 is 0. The standard InChI is InChI=1S/C54H101N23O12/c55-18-4-1-12-33(62)45(81)75-44(41(79)28-61)52(88)76-43(40(78)27-60)51(87)68-30-42(80)70-37(15-9-22-59)53(89)77-25-11-17-39(77)50(86)74-38(26-32-29-65-31-69-32)49(85)73-35(14-3-6-20-57)47(83)72-36(16-10-24-67-54(63)64)48(84)71-34(13-2-5-19-56)46(82)66-23-8-7-21-58/h16,29,31,33-35,37-41,43-44,78-79H,1-15,17-28,30,55-62H2,(H,65,69)(H,66,82)(H,68,87)(H,70,80)(H,71,84)(H,72,83)(H,73,85)(H,74,86)(H,75,81)(H,76,88)(H4,63,64,67)/b36-16-/t33-,34-,35-,37+,38-,39-,40-,41-,43-,44-/m0/s1. The van der Waals surface area contributed by atoms with E-state index in [-0.39, 0.29) is 89.2 Å². The summed E-state index contributed by atoms with van der Waals surface area (Å²) in [5.74, 6) is -8.63. The molecule has 1 aliphatic heterocycles. The smallest absolute Gasteiger partial charge is 0.268 e. The van der Waals surface area contributed by atoms with Gasteiger partial charge in [0.2, 0.25) is 53.2 Å². The van der Waals surface area contributed by atoms with Crippen molar-refractivity contribution in [2.24, 2.45) is 62.3 Å². The minimum Gasteiger partial charge on any atom is -0.389 e. The van der Waals surface area contributed by atoms with Gasteiger partial charge in [0.15, 0.2) is 5.96 Å².